The van der Waals surface area contributed by atoms with Crippen molar-refractivity contribution >= 4 is 22.5 Å². The van der Waals surface area contributed by atoms with Crippen LogP contribution in [0.1, 0.15) is 16.8 Å². The van der Waals surface area contributed by atoms with Gasteiger partial charge in [0, 0.05) is 29.1 Å². The zero-order valence-corrected chi connectivity index (χ0v) is 11.6. The first-order valence-corrected chi connectivity index (χ1v) is 7.10. The van der Waals surface area contributed by atoms with Crippen molar-refractivity contribution in [3.8, 4) is 0 Å². The normalized spacial score (nSPS) is 16.5. The zero-order chi connectivity index (χ0) is 13.7. The largest absolute Gasteiger partial charge is 0.383 e. The van der Waals surface area contributed by atoms with Crippen LogP contribution in [0.4, 0.5) is 0 Å². The summed E-state index contributed by atoms with van der Waals surface area (Å²) >= 11 is 6.01. The standard InChI is InChI=1S/C17H14ClNO/c18-14-6-5-11-7-16(19-15(11)8-14)17(20)9-12-3-1-2-4-13(12)10-17/h1-8,19-20H,9-10H2. The molecule has 2 aromatic carbocycles. The van der Waals surface area contributed by atoms with Gasteiger partial charge in [0.15, 0.2) is 0 Å². The molecule has 0 amide bonds. The molecule has 0 saturated carbocycles. The molecule has 20 heavy (non-hydrogen) atoms. The molecule has 0 bridgehead atoms. The lowest BCUT2D eigenvalue weighted by molar-refractivity contribution is 0.0444. The number of benzene rings is 2. The zero-order valence-electron chi connectivity index (χ0n) is 10.9. The summed E-state index contributed by atoms with van der Waals surface area (Å²) < 4.78 is 0. The molecular weight excluding hydrogens is 270 g/mol. The van der Waals surface area contributed by atoms with Crippen molar-refractivity contribution in [2.75, 3.05) is 0 Å². The Morgan fingerprint density at radius 1 is 1.00 bits per heavy atom. The van der Waals surface area contributed by atoms with Gasteiger partial charge in [0.05, 0.1) is 0 Å². The van der Waals surface area contributed by atoms with Gasteiger partial charge < -0.3 is 10.1 Å². The van der Waals surface area contributed by atoms with Crippen molar-refractivity contribution in [1.29, 1.82) is 0 Å². The molecule has 2 N–H and O–H groups in total. The highest BCUT2D eigenvalue weighted by molar-refractivity contribution is 6.31. The van der Waals surface area contributed by atoms with Crippen LogP contribution in [-0.4, -0.2) is 10.1 Å². The first kappa shape index (κ1) is 12.0. The fourth-order valence-corrected chi connectivity index (χ4v) is 3.31. The summed E-state index contributed by atoms with van der Waals surface area (Å²) in [5.74, 6) is 0. The Morgan fingerprint density at radius 3 is 2.40 bits per heavy atom. The third kappa shape index (κ3) is 1.76. The number of hydrogen-bond donors (Lipinski definition) is 2. The molecule has 1 aliphatic carbocycles. The third-order valence-electron chi connectivity index (χ3n) is 4.17. The van der Waals surface area contributed by atoms with Gasteiger partial charge in [-0.2, -0.15) is 0 Å². The summed E-state index contributed by atoms with van der Waals surface area (Å²) in [7, 11) is 0. The molecule has 2 nitrogen and oxygen atoms in total. The smallest absolute Gasteiger partial charge is 0.112 e. The van der Waals surface area contributed by atoms with E-state index < -0.39 is 5.60 Å². The van der Waals surface area contributed by atoms with E-state index in [-0.39, 0.29) is 0 Å². The van der Waals surface area contributed by atoms with Crippen LogP contribution >= 0.6 is 11.6 Å². The predicted octanol–water partition coefficient (Wildman–Crippen LogP) is 3.81. The number of aromatic amines is 1. The topological polar surface area (TPSA) is 36.0 Å². The van der Waals surface area contributed by atoms with Crippen molar-refractivity contribution < 1.29 is 5.11 Å². The van der Waals surface area contributed by atoms with Crippen LogP contribution in [-0.2, 0) is 18.4 Å². The SMILES string of the molecule is OC1(c2cc3ccc(Cl)cc3[nH]2)Cc2ccccc2C1. The maximum absolute atomic E-state index is 11.0. The van der Waals surface area contributed by atoms with Gasteiger partial charge in [0.25, 0.3) is 0 Å². The maximum Gasteiger partial charge on any atom is 0.112 e. The Morgan fingerprint density at radius 2 is 1.70 bits per heavy atom. The summed E-state index contributed by atoms with van der Waals surface area (Å²) in [6, 6.07) is 16.0. The van der Waals surface area contributed by atoms with E-state index in [0.717, 1.165) is 16.6 Å². The minimum Gasteiger partial charge on any atom is -0.383 e. The second-order valence-corrected chi connectivity index (χ2v) is 6.00. The van der Waals surface area contributed by atoms with E-state index in [0.29, 0.717) is 17.9 Å². The van der Waals surface area contributed by atoms with Crippen LogP contribution in [0.15, 0.2) is 48.5 Å². The number of fused-ring (bicyclic) bond motifs is 2. The Hall–Kier alpha value is -1.77. The lowest BCUT2D eigenvalue weighted by Crippen LogP contribution is -2.26. The Labute approximate surface area is 122 Å². The molecule has 0 unspecified atom stereocenters. The number of halogens is 1. The number of hydrogen-bond acceptors (Lipinski definition) is 1. The van der Waals surface area contributed by atoms with Crippen molar-refractivity contribution in [3.63, 3.8) is 0 Å². The maximum atomic E-state index is 11.0. The van der Waals surface area contributed by atoms with Crippen LogP contribution in [0.2, 0.25) is 5.02 Å². The number of aromatic nitrogens is 1. The van der Waals surface area contributed by atoms with Gasteiger partial charge in [0.2, 0.25) is 0 Å². The van der Waals surface area contributed by atoms with Crippen molar-refractivity contribution in [2.45, 2.75) is 18.4 Å². The molecule has 1 aromatic heterocycles. The second kappa shape index (κ2) is 4.11. The van der Waals surface area contributed by atoms with E-state index in [1.165, 1.54) is 11.1 Å². The molecule has 0 spiro atoms. The van der Waals surface area contributed by atoms with E-state index in [4.69, 9.17) is 11.6 Å². The minimum atomic E-state index is -0.838. The minimum absolute atomic E-state index is 0.656. The summed E-state index contributed by atoms with van der Waals surface area (Å²) in [5, 5.41) is 12.8. The number of rotatable bonds is 1. The second-order valence-electron chi connectivity index (χ2n) is 5.57. The van der Waals surface area contributed by atoms with Gasteiger partial charge >= 0.3 is 0 Å². The Kier molecular flexibility index (Phi) is 2.47. The molecule has 4 rings (SSSR count). The molecule has 1 aliphatic rings. The Balaban J connectivity index is 1.80. The first-order valence-electron chi connectivity index (χ1n) is 6.72. The van der Waals surface area contributed by atoms with Crippen LogP contribution in [0.5, 0.6) is 0 Å². The van der Waals surface area contributed by atoms with Crippen LogP contribution in [0.25, 0.3) is 10.9 Å². The van der Waals surface area contributed by atoms with Crippen LogP contribution in [0.3, 0.4) is 0 Å². The summed E-state index contributed by atoms with van der Waals surface area (Å²) in [6.07, 6.45) is 1.31. The van der Waals surface area contributed by atoms with E-state index in [1.54, 1.807) is 0 Å². The van der Waals surface area contributed by atoms with Gasteiger partial charge in [-0.15, -0.1) is 0 Å². The van der Waals surface area contributed by atoms with E-state index in [1.807, 2.05) is 36.4 Å². The lowest BCUT2D eigenvalue weighted by atomic mass is 9.96. The lowest BCUT2D eigenvalue weighted by Gasteiger charge is -2.20. The van der Waals surface area contributed by atoms with Gasteiger partial charge in [-0.05, 0) is 34.7 Å². The Bertz CT molecular complexity index is 781. The van der Waals surface area contributed by atoms with Crippen LogP contribution < -0.4 is 0 Å². The number of aliphatic hydroxyl groups is 1. The molecule has 0 aliphatic heterocycles. The van der Waals surface area contributed by atoms with Crippen molar-refractivity contribution in [2.24, 2.45) is 0 Å². The predicted molar refractivity (Wildman–Crippen MR) is 81.1 cm³/mol. The van der Waals surface area contributed by atoms with Gasteiger partial charge in [-0.3, -0.25) is 0 Å². The third-order valence-corrected chi connectivity index (χ3v) is 4.41. The number of H-pyrrole nitrogens is 1. The average Bonchev–Trinajstić information content (AvgIpc) is 2.98. The van der Waals surface area contributed by atoms with Gasteiger partial charge in [0.1, 0.15) is 5.60 Å². The summed E-state index contributed by atoms with van der Waals surface area (Å²) in [6.45, 7) is 0. The highest BCUT2D eigenvalue weighted by Crippen LogP contribution is 2.38. The molecule has 100 valence electrons. The molecule has 0 saturated heterocycles. The first-order chi connectivity index (χ1) is 9.64. The summed E-state index contributed by atoms with van der Waals surface area (Å²) in [4.78, 5) is 3.32. The quantitative estimate of drug-likeness (QED) is 0.700. The fourth-order valence-electron chi connectivity index (χ4n) is 3.14. The average molecular weight is 284 g/mol. The molecular formula is C17H14ClNO. The van der Waals surface area contributed by atoms with E-state index in [9.17, 15) is 5.11 Å². The highest BCUT2D eigenvalue weighted by Gasteiger charge is 2.37. The van der Waals surface area contributed by atoms with Gasteiger partial charge in [-0.25, -0.2) is 0 Å². The van der Waals surface area contributed by atoms with E-state index in [2.05, 4.69) is 17.1 Å². The van der Waals surface area contributed by atoms with Crippen molar-refractivity contribution in [3.05, 3.63) is 70.4 Å². The molecule has 1 heterocycles. The molecule has 0 radical (unpaired) electrons. The fraction of sp³-hybridized carbons (Fsp3) is 0.176. The molecule has 0 fully saturated rings. The van der Waals surface area contributed by atoms with Crippen molar-refractivity contribution in [1.82, 2.24) is 4.98 Å². The monoisotopic (exact) mass is 283 g/mol. The molecule has 3 aromatic rings. The van der Waals surface area contributed by atoms with E-state index >= 15 is 0 Å². The molecule has 0 atom stereocenters. The van der Waals surface area contributed by atoms with Crippen LogP contribution in [0, 0.1) is 0 Å². The summed E-state index contributed by atoms with van der Waals surface area (Å²) in [5.41, 5.74) is 3.45. The highest BCUT2D eigenvalue weighted by atomic mass is 35.5. The van der Waals surface area contributed by atoms with Gasteiger partial charge in [-0.1, -0.05) is 41.9 Å². The molecule has 3 heteroatoms. The number of nitrogens with one attached hydrogen (secondary N) is 1.